The molecular weight excluding hydrogens is 466 g/mol. The lowest BCUT2D eigenvalue weighted by atomic mass is 10.1. The van der Waals surface area contributed by atoms with Crippen LogP contribution in [0.1, 0.15) is 30.9 Å². The fraction of sp³-hybridized carbons (Fsp3) is 0.500. The molecule has 2 aliphatic rings. The highest BCUT2D eigenvalue weighted by Crippen LogP contribution is 2.31. The van der Waals surface area contributed by atoms with Crippen LogP contribution in [-0.4, -0.2) is 71.2 Å². The monoisotopic (exact) mass is 501 g/mol. The van der Waals surface area contributed by atoms with Crippen molar-refractivity contribution in [2.45, 2.75) is 43.5 Å². The predicted molar refractivity (Wildman–Crippen MR) is 135 cm³/mol. The Labute approximate surface area is 208 Å². The van der Waals surface area contributed by atoms with Crippen LogP contribution in [0.25, 0.3) is 0 Å². The highest BCUT2D eigenvalue weighted by molar-refractivity contribution is 7.89. The number of rotatable bonds is 10. The molecule has 2 aromatic carbocycles. The number of anilines is 1. The molecule has 2 aliphatic heterocycles. The Balaban J connectivity index is 1.28. The van der Waals surface area contributed by atoms with E-state index in [4.69, 9.17) is 9.47 Å². The maximum atomic E-state index is 13.0. The number of aryl methyl sites for hydroxylation is 1. The number of fused-ring (bicyclic) bond motifs is 1. The molecule has 2 heterocycles. The Hall–Kier alpha value is -2.62. The Morgan fingerprint density at radius 3 is 2.71 bits per heavy atom. The summed E-state index contributed by atoms with van der Waals surface area (Å²) in [5, 5.41) is 3.00. The van der Waals surface area contributed by atoms with Crippen LogP contribution in [0.5, 0.6) is 5.75 Å². The lowest BCUT2D eigenvalue weighted by molar-refractivity contribution is -0.121. The van der Waals surface area contributed by atoms with Crippen molar-refractivity contribution in [2.24, 2.45) is 0 Å². The zero-order chi connectivity index (χ0) is 24.8. The molecule has 1 fully saturated rings. The second-order valence-electron chi connectivity index (χ2n) is 9.07. The van der Waals surface area contributed by atoms with Gasteiger partial charge in [-0.25, -0.2) is 8.42 Å². The molecule has 1 saturated heterocycles. The van der Waals surface area contributed by atoms with Gasteiger partial charge in [0.2, 0.25) is 15.9 Å². The minimum Gasteiger partial charge on any atom is -0.496 e. The third-order valence-electron chi connectivity index (χ3n) is 6.73. The highest BCUT2D eigenvalue weighted by atomic mass is 32.2. The summed E-state index contributed by atoms with van der Waals surface area (Å²) < 4.78 is 38.1. The van der Waals surface area contributed by atoms with E-state index >= 15 is 0 Å². The van der Waals surface area contributed by atoms with Crippen LogP contribution in [0.4, 0.5) is 5.69 Å². The van der Waals surface area contributed by atoms with E-state index in [9.17, 15) is 13.2 Å². The molecule has 2 aromatic rings. The Bertz CT molecular complexity index is 1130. The zero-order valence-corrected chi connectivity index (χ0v) is 21.4. The largest absolute Gasteiger partial charge is 0.496 e. The average molecular weight is 502 g/mol. The highest BCUT2D eigenvalue weighted by Gasteiger charge is 2.27. The number of sulfonamides is 1. The molecule has 0 radical (unpaired) electrons. The average Bonchev–Trinajstić information content (AvgIpc) is 3.20. The topological polar surface area (TPSA) is 88.2 Å². The summed E-state index contributed by atoms with van der Waals surface area (Å²) in [5.74, 6) is 0.531. The standard InChI is InChI=1S/C26H35N3O5S/c1-20-18-21-6-3-4-7-24(21)29(20)13-5-12-27-26(30)11-8-22-19-23(9-10-25(22)33-2)35(31,32)28-14-16-34-17-15-28/h3-4,6-7,9-10,19-20H,5,8,11-18H2,1-2H3,(H,27,30). The summed E-state index contributed by atoms with van der Waals surface area (Å²) in [6, 6.07) is 13.8. The summed E-state index contributed by atoms with van der Waals surface area (Å²) in [6.45, 7) is 5.21. The van der Waals surface area contributed by atoms with E-state index < -0.39 is 10.0 Å². The Morgan fingerprint density at radius 1 is 1.17 bits per heavy atom. The molecular formula is C26H35N3O5S. The van der Waals surface area contributed by atoms with Crippen LogP contribution in [0.2, 0.25) is 0 Å². The smallest absolute Gasteiger partial charge is 0.243 e. The van der Waals surface area contributed by atoms with Gasteiger partial charge in [0.1, 0.15) is 5.75 Å². The number of carbonyl (C=O) groups is 1. The summed E-state index contributed by atoms with van der Waals surface area (Å²) >= 11 is 0. The molecule has 4 rings (SSSR count). The number of nitrogens with zero attached hydrogens (tertiary/aromatic N) is 2. The van der Waals surface area contributed by atoms with E-state index in [1.54, 1.807) is 25.3 Å². The second kappa shape index (κ2) is 11.4. The first-order valence-electron chi connectivity index (χ1n) is 12.3. The number of nitrogens with one attached hydrogen (secondary N) is 1. The summed E-state index contributed by atoms with van der Waals surface area (Å²) in [4.78, 5) is 15.1. The molecule has 0 spiro atoms. The van der Waals surface area contributed by atoms with Gasteiger partial charge in [0.05, 0.1) is 25.2 Å². The number of amides is 1. The SMILES string of the molecule is COc1ccc(S(=O)(=O)N2CCOCC2)cc1CCC(=O)NCCCN1c2ccccc2CC1C. The van der Waals surface area contributed by atoms with E-state index in [1.165, 1.54) is 15.6 Å². The van der Waals surface area contributed by atoms with Crippen LogP contribution in [0, 0.1) is 0 Å². The maximum absolute atomic E-state index is 13.0. The minimum absolute atomic E-state index is 0.0524. The molecule has 8 nitrogen and oxygen atoms in total. The van der Waals surface area contributed by atoms with Gasteiger partial charge in [-0.05, 0) is 61.6 Å². The third-order valence-corrected chi connectivity index (χ3v) is 8.62. The van der Waals surface area contributed by atoms with Crippen molar-refractivity contribution in [1.82, 2.24) is 9.62 Å². The van der Waals surface area contributed by atoms with Gasteiger partial charge in [0.15, 0.2) is 0 Å². The van der Waals surface area contributed by atoms with Crippen molar-refractivity contribution in [3.8, 4) is 5.75 Å². The van der Waals surface area contributed by atoms with Crippen molar-refractivity contribution >= 4 is 21.6 Å². The normalized spacial score (nSPS) is 18.3. The number of methoxy groups -OCH3 is 1. The first kappa shape index (κ1) is 25.5. The Morgan fingerprint density at radius 2 is 1.94 bits per heavy atom. The third kappa shape index (κ3) is 5.97. The van der Waals surface area contributed by atoms with Crippen LogP contribution in [0.3, 0.4) is 0 Å². The number of benzene rings is 2. The molecule has 9 heteroatoms. The van der Waals surface area contributed by atoms with Crippen LogP contribution in [-0.2, 0) is 32.4 Å². The van der Waals surface area contributed by atoms with E-state index in [1.807, 2.05) is 0 Å². The number of carbonyl (C=O) groups excluding carboxylic acids is 1. The molecule has 1 atom stereocenters. The number of para-hydroxylation sites is 1. The summed E-state index contributed by atoms with van der Waals surface area (Å²) in [6.07, 6.45) is 2.59. The first-order valence-corrected chi connectivity index (χ1v) is 13.7. The minimum atomic E-state index is -3.61. The maximum Gasteiger partial charge on any atom is 0.243 e. The number of ether oxygens (including phenoxy) is 2. The van der Waals surface area contributed by atoms with Crippen molar-refractivity contribution in [1.29, 1.82) is 0 Å². The van der Waals surface area contributed by atoms with Gasteiger partial charge < -0.3 is 19.7 Å². The predicted octanol–water partition coefficient (Wildman–Crippen LogP) is 2.61. The van der Waals surface area contributed by atoms with Crippen molar-refractivity contribution < 1.29 is 22.7 Å². The molecule has 1 N–H and O–H groups in total. The van der Waals surface area contributed by atoms with Crippen LogP contribution in [0.15, 0.2) is 47.4 Å². The second-order valence-corrected chi connectivity index (χ2v) is 11.0. The van der Waals surface area contributed by atoms with Gasteiger partial charge in [0.25, 0.3) is 0 Å². The van der Waals surface area contributed by atoms with Gasteiger partial charge in [0, 0.05) is 44.3 Å². The van der Waals surface area contributed by atoms with Crippen molar-refractivity contribution in [2.75, 3.05) is 51.4 Å². The van der Waals surface area contributed by atoms with Crippen LogP contribution >= 0.6 is 0 Å². The number of hydrogen-bond donors (Lipinski definition) is 1. The molecule has 35 heavy (non-hydrogen) atoms. The Kier molecular flexibility index (Phi) is 8.30. The molecule has 0 bridgehead atoms. The molecule has 0 aromatic heterocycles. The summed E-state index contributed by atoms with van der Waals surface area (Å²) in [5.41, 5.74) is 3.39. The van der Waals surface area contributed by atoms with E-state index in [-0.39, 0.29) is 17.2 Å². The van der Waals surface area contributed by atoms with Gasteiger partial charge in [-0.2, -0.15) is 4.31 Å². The lowest BCUT2D eigenvalue weighted by Crippen LogP contribution is -2.40. The quantitative estimate of drug-likeness (QED) is 0.504. The van der Waals surface area contributed by atoms with E-state index in [2.05, 4.69) is 41.4 Å². The molecule has 0 aliphatic carbocycles. The lowest BCUT2D eigenvalue weighted by Gasteiger charge is -2.26. The summed E-state index contributed by atoms with van der Waals surface area (Å²) in [7, 11) is -2.06. The van der Waals surface area contributed by atoms with E-state index in [0.717, 1.165) is 19.4 Å². The molecule has 1 amide bonds. The van der Waals surface area contributed by atoms with Gasteiger partial charge in [-0.1, -0.05) is 18.2 Å². The molecule has 190 valence electrons. The number of hydrogen-bond acceptors (Lipinski definition) is 6. The zero-order valence-electron chi connectivity index (χ0n) is 20.5. The van der Waals surface area contributed by atoms with E-state index in [0.29, 0.717) is 56.6 Å². The van der Waals surface area contributed by atoms with Gasteiger partial charge in [-0.15, -0.1) is 0 Å². The number of morpholine rings is 1. The van der Waals surface area contributed by atoms with Gasteiger partial charge >= 0.3 is 0 Å². The molecule has 1 unspecified atom stereocenters. The molecule has 0 saturated carbocycles. The van der Waals surface area contributed by atoms with Crippen molar-refractivity contribution in [3.63, 3.8) is 0 Å². The van der Waals surface area contributed by atoms with Gasteiger partial charge in [-0.3, -0.25) is 4.79 Å². The van der Waals surface area contributed by atoms with Crippen molar-refractivity contribution in [3.05, 3.63) is 53.6 Å². The van der Waals surface area contributed by atoms with Crippen LogP contribution < -0.4 is 15.0 Å². The fourth-order valence-corrected chi connectivity index (χ4v) is 6.29. The fourth-order valence-electron chi connectivity index (χ4n) is 4.83. The first-order chi connectivity index (χ1) is 16.9.